The van der Waals surface area contributed by atoms with E-state index in [0.717, 1.165) is 0 Å². The van der Waals surface area contributed by atoms with E-state index in [9.17, 15) is 4.79 Å². The van der Waals surface area contributed by atoms with Crippen LogP contribution in [0.25, 0.3) is 0 Å². The molecule has 2 N–H and O–H groups in total. The van der Waals surface area contributed by atoms with Gasteiger partial charge in [-0.25, -0.2) is 0 Å². The minimum absolute atomic E-state index is 0.312. The first-order chi connectivity index (χ1) is 6.61. The van der Waals surface area contributed by atoms with Gasteiger partial charge in [0.2, 0.25) is 0 Å². The molecular weight excluding hydrogens is 180 g/mol. The lowest BCUT2D eigenvalue weighted by Gasteiger charge is -2.20. The molecule has 14 heavy (non-hydrogen) atoms. The second-order valence-electron chi connectivity index (χ2n) is 3.22. The van der Waals surface area contributed by atoms with Crippen molar-refractivity contribution in [2.45, 2.75) is 25.8 Å². The maximum atomic E-state index is 11.5. The van der Waals surface area contributed by atoms with E-state index in [1.54, 1.807) is 13.0 Å². The summed E-state index contributed by atoms with van der Waals surface area (Å²) in [7, 11) is 0. The number of aromatic amines is 1. The molecular formula is C9H12N4O. The predicted octanol–water partition coefficient (Wildman–Crippen LogP) is 0.832. The van der Waals surface area contributed by atoms with Gasteiger partial charge in [0.15, 0.2) is 0 Å². The van der Waals surface area contributed by atoms with Gasteiger partial charge in [0.25, 0.3) is 5.91 Å². The molecule has 1 heterocycles. The van der Waals surface area contributed by atoms with Crippen LogP contribution in [-0.4, -0.2) is 21.6 Å². The second-order valence-corrected chi connectivity index (χ2v) is 3.22. The van der Waals surface area contributed by atoms with Gasteiger partial charge < -0.3 is 5.32 Å². The predicted molar refractivity (Wildman–Crippen MR) is 50.4 cm³/mol. The van der Waals surface area contributed by atoms with E-state index in [0.29, 0.717) is 12.1 Å². The van der Waals surface area contributed by atoms with Gasteiger partial charge in [-0.3, -0.25) is 9.89 Å². The lowest BCUT2D eigenvalue weighted by atomic mass is 10.0. The third-order valence-electron chi connectivity index (χ3n) is 2.09. The van der Waals surface area contributed by atoms with E-state index in [4.69, 9.17) is 5.26 Å². The maximum Gasteiger partial charge on any atom is 0.270 e. The highest BCUT2D eigenvalue weighted by Gasteiger charge is 2.24. The number of aromatic nitrogens is 2. The van der Waals surface area contributed by atoms with Crippen LogP contribution in [0.5, 0.6) is 0 Å². The Morgan fingerprint density at radius 2 is 2.57 bits per heavy atom. The molecule has 1 rings (SSSR count). The van der Waals surface area contributed by atoms with Crippen molar-refractivity contribution in [3.05, 3.63) is 18.0 Å². The molecule has 0 spiro atoms. The zero-order chi connectivity index (χ0) is 10.6. The summed E-state index contributed by atoms with van der Waals surface area (Å²) in [6.45, 7) is 3.53. The van der Waals surface area contributed by atoms with Crippen molar-refractivity contribution in [3.8, 4) is 6.07 Å². The van der Waals surface area contributed by atoms with Crippen molar-refractivity contribution in [3.63, 3.8) is 0 Å². The van der Waals surface area contributed by atoms with E-state index in [2.05, 4.69) is 21.6 Å². The summed E-state index contributed by atoms with van der Waals surface area (Å²) in [6.07, 6.45) is 2.05. The lowest BCUT2D eigenvalue weighted by Crippen LogP contribution is -2.44. The van der Waals surface area contributed by atoms with Crippen molar-refractivity contribution >= 4 is 5.91 Å². The van der Waals surface area contributed by atoms with Crippen molar-refractivity contribution in [2.24, 2.45) is 0 Å². The molecule has 0 aromatic carbocycles. The highest BCUT2D eigenvalue weighted by Crippen LogP contribution is 2.08. The molecule has 5 nitrogen and oxygen atoms in total. The minimum Gasteiger partial charge on any atom is -0.333 e. The largest absolute Gasteiger partial charge is 0.333 e. The summed E-state index contributed by atoms with van der Waals surface area (Å²) in [4.78, 5) is 11.5. The van der Waals surface area contributed by atoms with Crippen LogP contribution in [0.15, 0.2) is 12.3 Å². The summed E-state index contributed by atoms with van der Waals surface area (Å²) in [6, 6.07) is 3.61. The van der Waals surface area contributed by atoms with Crippen LogP contribution in [0.2, 0.25) is 0 Å². The molecule has 0 saturated heterocycles. The lowest BCUT2D eigenvalue weighted by molar-refractivity contribution is 0.0918. The summed E-state index contributed by atoms with van der Waals surface area (Å²) in [5, 5.41) is 17.7. The van der Waals surface area contributed by atoms with Gasteiger partial charge in [0, 0.05) is 6.20 Å². The van der Waals surface area contributed by atoms with Gasteiger partial charge in [-0.05, 0) is 19.4 Å². The third kappa shape index (κ3) is 2.10. The Bertz CT molecular complexity index is 351. The highest BCUT2D eigenvalue weighted by molar-refractivity contribution is 5.92. The standard InChI is InChI=1S/C9H12N4O/c1-3-9(2,6-10)12-8(14)7-4-5-11-13-7/h4-5H,3H2,1-2H3,(H,11,13)(H,12,14). The zero-order valence-electron chi connectivity index (χ0n) is 8.16. The Morgan fingerprint density at radius 3 is 3.00 bits per heavy atom. The van der Waals surface area contributed by atoms with E-state index in [-0.39, 0.29) is 5.91 Å². The van der Waals surface area contributed by atoms with E-state index in [1.165, 1.54) is 6.20 Å². The molecule has 74 valence electrons. The van der Waals surface area contributed by atoms with Crippen molar-refractivity contribution < 1.29 is 4.79 Å². The Labute approximate surface area is 82.1 Å². The zero-order valence-corrected chi connectivity index (χ0v) is 8.16. The SMILES string of the molecule is CCC(C)(C#N)NC(=O)c1ccn[nH]1. The van der Waals surface area contributed by atoms with Gasteiger partial charge in [0.05, 0.1) is 6.07 Å². The number of nitriles is 1. The smallest absolute Gasteiger partial charge is 0.270 e. The van der Waals surface area contributed by atoms with Crippen molar-refractivity contribution in [1.82, 2.24) is 15.5 Å². The highest BCUT2D eigenvalue weighted by atomic mass is 16.2. The first-order valence-electron chi connectivity index (χ1n) is 4.34. The van der Waals surface area contributed by atoms with Crippen LogP contribution in [0.3, 0.4) is 0 Å². The third-order valence-corrected chi connectivity index (χ3v) is 2.09. The number of nitrogens with one attached hydrogen (secondary N) is 2. The van der Waals surface area contributed by atoms with Crippen molar-refractivity contribution in [1.29, 1.82) is 5.26 Å². The molecule has 0 aliphatic heterocycles. The van der Waals surface area contributed by atoms with Crippen LogP contribution >= 0.6 is 0 Å². The van der Waals surface area contributed by atoms with Gasteiger partial charge in [-0.2, -0.15) is 10.4 Å². The summed E-state index contributed by atoms with van der Waals surface area (Å²) >= 11 is 0. The normalized spacial score (nSPS) is 14.1. The number of rotatable bonds is 3. The molecule has 0 fully saturated rings. The molecule has 1 aromatic rings. The van der Waals surface area contributed by atoms with Gasteiger partial charge in [-0.15, -0.1) is 0 Å². The molecule has 0 aliphatic carbocycles. The molecule has 0 bridgehead atoms. The fourth-order valence-corrected chi connectivity index (χ4v) is 0.896. The number of nitrogens with zero attached hydrogens (tertiary/aromatic N) is 2. The monoisotopic (exact) mass is 192 g/mol. The van der Waals surface area contributed by atoms with Gasteiger partial charge in [0.1, 0.15) is 11.2 Å². The van der Waals surface area contributed by atoms with Gasteiger partial charge >= 0.3 is 0 Å². The molecule has 0 aliphatic rings. The number of H-pyrrole nitrogens is 1. The quantitative estimate of drug-likeness (QED) is 0.744. The fraction of sp³-hybridized carbons (Fsp3) is 0.444. The molecule has 1 unspecified atom stereocenters. The van der Waals surface area contributed by atoms with Crippen LogP contribution in [0.4, 0.5) is 0 Å². The van der Waals surface area contributed by atoms with Crippen molar-refractivity contribution in [2.75, 3.05) is 0 Å². The molecule has 5 heteroatoms. The summed E-state index contributed by atoms with van der Waals surface area (Å²) in [5.74, 6) is -0.312. The number of hydrogen-bond acceptors (Lipinski definition) is 3. The number of carbonyl (C=O) groups excluding carboxylic acids is 1. The Hall–Kier alpha value is -1.83. The number of hydrogen-bond donors (Lipinski definition) is 2. The molecule has 0 radical (unpaired) electrons. The van der Waals surface area contributed by atoms with Crippen LogP contribution in [0, 0.1) is 11.3 Å². The Kier molecular flexibility index (Phi) is 2.87. The van der Waals surface area contributed by atoms with Crippen LogP contribution < -0.4 is 5.32 Å². The number of carbonyl (C=O) groups is 1. The second kappa shape index (κ2) is 3.92. The average molecular weight is 192 g/mol. The van der Waals surface area contributed by atoms with Crippen LogP contribution in [-0.2, 0) is 0 Å². The molecule has 1 atom stereocenters. The first kappa shape index (κ1) is 10.3. The minimum atomic E-state index is -0.817. The van der Waals surface area contributed by atoms with E-state index < -0.39 is 5.54 Å². The fourth-order valence-electron chi connectivity index (χ4n) is 0.896. The molecule has 0 saturated carbocycles. The topological polar surface area (TPSA) is 81.6 Å². The van der Waals surface area contributed by atoms with Gasteiger partial charge in [-0.1, -0.05) is 6.92 Å². The average Bonchev–Trinajstić information content (AvgIpc) is 2.70. The molecule has 1 amide bonds. The first-order valence-corrected chi connectivity index (χ1v) is 4.34. The molecule has 1 aromatic heterocycles. The van der Waals surface area contributed by atoms with E-state index in [1.807, 2.05) is 6.92 Å². The Balaban J connectivity index is 2.71. The maximum absolute atomic E-state index is 11.5. The summed E-state index contributed by atoms with van der Waals surface area (Å²) < 4.78 is 0. The van der Waals surface area contributed by atoms with E-state index >= 15 is 0 Å². The Morgan fingerprint density at radius 1 is 1.86 bits per heavy atom. The summed E-state index contributed by atoms with van der Waals surface area (Å²) in [5.41, 5.74) is -0.456. The van der Waals surface area contributed by atoms with Crippen LogP contribution in [0.1, 0.15) is 30.8 Å². The number of amides is 1.